The minimum absolute atomic E-state index is 0.0649. The Morgan fingerprint density at radius 2 is 1.27 bits per heavy atom. The Morgan fingerprint density at radius 1 is 0.714 bits per heavy atom. The quantitative estimate of drug-likeness (QED) is 0.231. The van der Waals surface area contributed by atoms with E-state index in [0.29, 0.717) is 28.0 Å². The van der Waals surface area contributed by atoms with Crippen LogP contribution in [-0.4, -0.2) is 66.2 Å². The van der Waals surface area contributed by atoms with Crippen molar-refractivity contribution in [3.63, 3.8) is 0 Å². The number of ether oxygens (including phenoxy) is 5. The normalized spacial score (nSPS) is 11.8. The summed E-state index contributed by atoms with van der Waals surface area (Å²) in [4.78, 5) is 34.9. The maximum absolute atomic E-state index is 12.4. The van der Waals surface area contributed by atoms with Gasteiger partial charge in [0.05, 0.1) is 32.1 Å². The van der Waals surface area contributed by atoms with E-state index in [2.05, 4.69) is 20.9 Å². The lowest BCUT2D eigenvalue weighted by atomic mass is 9.98. The van der Waals surface area contributed by atoms with Crippen molar-refractivity contribution < 1.29 is 23.7 Å². The van der Waals surface area contributed by atoms with Gasteiger partial charge in [0.2, 0.25) is 12.5 Å². The van der Waals surface area contributed by atoms with Crippen molar-refractivity contribution in [1.29, 1.82) is 0 Å². The molecule has 7 rings (SSSR count). The van der Waals surface area contributed by atoms with Crippen LogP contribution in [0.15, 0.2) is 83.2 Å². The summed E-state index contributed by atoms with van der Waals surface area (Å²) in [6, 6.07) is 11.5. The Bertz CT molecular complexity index is 2290. The predicted molar refractivity (Wildman–Crippen MR) is 188 cm³/mol. The van der Waals surface area contributed by atoms with Crippen LogP contribution in [0.1, 0.15) is 5.56 Å². The van der Waals surface area contributed by atoms with Gasteiger partial charge >= 0.3 is 0 Å². The smallest absolute Gasteiger partial charge is 0.259 e. The lowest BCUT2D eigenvalue weighted by molar-refractivity contribution is 0.173. The van der Waals surface area contributed by atoms with Crippen LogP contribution in [0.5, 0.6) is 28.7 Å². The van der Waals surface area contributed by atoms with Crippen LogP contribution in [0.3, 0.4) is 0 Å². The summed E-state index contributed by atoms with van der Waals surface area (Å²) >= 11 is 0. The molecule has 0 amide bonds. The van der Waals surface area contributed by atoms with Crippen molar-refractivity contribution in [2.75, 3.05) is 42.2 Å². The average Bonchev–Trinajstić information content (AvgIpc) is 3.62. The van der Waals surface area contributed by atoms with Crippen LogP contribution in [0.4, 0.5) is 0 Å². The van der Waals surface area contributed by atoms with Crippen LogP contribution in [0.25, 0.3) is 43.8 Å². The molecule has 2 aromatic carbocycles. The van der Waals surface area contributed by atoms with E-state index in [4.69, 9.17) is 23.7 Å². The Balaban J connectivity index is 0.000000170. The van der Waals surface area contributed by atoms with Crippen LogP contribution in [0, 0.1) is 0 Å². The standard InChI is InChI=1S/C19H19N3O3.C18H18N2O4/c1-21(2)9-12-4-5-14(18-17(12)24-11-25-18)16-10-22(3)19(23)15-8-20-7-6-13(15)16;1-20-10-14(12-5-6-19-9-13(12)18(20)21)11-7-15(22-2)17(24-4)16(8-11)23-3/h4-8,10H,9,11H2,1-3H3;5-10H,1-4H3. The summed E-state index contributed by atoms with van der Waals surface area (Å²) < 4.78 is 30.8. The third kappa shape index (κ3) is 6.14. The molecule has 0 aliphatic carbocycles. The fourth-order valence-corrected chi connectivity index (χ4v) is 6.03. The zero-order chi connectivity index (χ0) is 34.8. The highest BCUT2D eigenvalue weighted by atomic mass is 16.7. The van der Waals surface area contributed by atoms with Gasteiger partial charge in [-0.25, -0.2) is 0 Å². The highest BCUT2D eigenvalue weighted by Crippen LogP contribution is 2.45. The molecule has 0 atom stereocenters. The first kappa shape index (κ1) is 33.0. The van der Waals surface area contributed by atoms with Crippen LogP contribution >= 0.6 is 0 Å². The van der Waals surface area contributed by atoms with Crippen LogP contribution in [0.2, 0.25) is 0 Å². The molecule has 49 heavy (non-hydrogen) atoms. The number of nitrogens with zero attached hydrogens (tertiary/aromatic N) is 5. The molecule has 12 nitrogen and oxygen atoms in total. The number of aryl methyl sites for hydroxylation is 2. The molecule has 0 N–H and O–H groups in total. The Hall–Kier alpha value is -5.88. The van der Waals surface area contributed by atoms with Gasteiger partial charge in [0.25, 0.3) is 11.1 Å². The molecule has 0 fully saturated rings. The summed E-state index contributed by atoms with van der Waals surface area (Å²) in [6.45, 7) is 0.974. The van der Waals surface area contributed by atoms with E-state index in [1.165, 1.54) is 0 Å². The number of hydrogen-bond donors (Lipinski definition) is 0. The van der Waals surface area contributed by atoms with Crippen LogP contribution < -0.4 is 34.8 Å². The number of pyridine rings is 4. The average molecular weight is 664 g/mol. The van der Waals surface area contributed by atoms with Crippen molar-refractivity contribution in [1.82, 2.24) is 24.0 Å². The van der Waals surface area contributed by atoms with E-state index in [9.17, 15) is 9.59 Å². The van der Waals surface area contributed by atoms with Gasteiger partial charge in [-0.1, -0.05) is 6.07 Å². The molecule has 0 unspecified atom stereocenters. The molecule has 0 saturated carbocycles. The van der Waals surface area contributed by atoms with Gasteiger partial charge in [-0.15, -0.1) is 0 Å². The molecule has 1 aliphatic rings. The van der Waals surface area contributed by atoms with Gasteiger partial charge in [0.1, 0.15) is 0 Å². The Morgan fingerprint density at radius 3 is 1.82 bits per heavy atom. The molecule has 0 spiro atoms. The molecule has 0 saturated heterocycles. The minimum atomic E-state index is -0.0886. The van der Waals surface area contributed by atoms with Crippen molar-refractivity contribution in [3.05, 3.63) is 99.9 Å². The molecular formula is C37H37N5O7. The van der Waals surface area contributed by atoms with E-state index in [1.807, 2.05) is 50.6 Å². The summed E-state index contributed by atoms with van der Waals surface area (Å²) in [5.74, 6) is 3.16. The largest absolute Gasteiger partial charge is 0.493 e. The molecule has 0 radical (unpaired) electrons. The minimum Gasteiger partial charge on any atom is -0.493 e. The zero-order valence-electron chi connectivity index (χ0n) is 28.4. The van der Waals surface area contributed by atoms with Gasteiger partial charge in [0, 0.05) is 80.1 Å². The van der Waals surface area contributed by atoms with E-state index in [-0.39, 0.29) is 17.9 Å². The van der Waals surface area contributed by atoms with Gasteiger partial charge in [-0.05, 0) is 60.8 Å². The second-order valence-electron chi connectivity index (χ2n) is 11.7. The molecule has 4 aromatic heterocycles. The molecule has 12 heteroatoms. The topological polar surface area (TPSA) is 119 Å². The summed E-state index contributed by atoms with van der Waals surface area (Å²) in [5, 5.41) is 2.83. The van der Waals surface area contributed by atoms with Gasteiger partial charge in [-0.2, -0.15) is 0 Å². The molecular weight excluding hydrogens is 626 g/mol. The van der Waals surface area contributed by atoms with E-state index in [0.717, 1.165) is 56.6 Å². The highest BCUT2D eigenvalue weighted by Gasteiger charge is 2.24. The van der Waals surface area contributed by atoms with Gasteiger partial charge in [-0.3, -0.25) is 19.6 Å². The number of rotatable bonds is 7. The van der Waals surface area contributed by atoms with Crippen molar-refractivity contribution in [2.24, 2.45) is 14.1 Å². The van der Waals surface area contributed by atoms with Crippen molar-refractivity contribution >= 4 is 21.5 Å². The summed E-state index contributed by atoms with van der Waals surface area (Å²) in [5.41, 5.74) is 4.51. The maximum Gasteiger partial charge on any atom is 0.259 e. The lowest BCUT2D eigenvalue weighted by Crippen LogP contribution is -2.16. The molecule has 5 heterocycles. The fourth-order valence-electron chi connectivity index (χ4n) is 6.03. The summed E-state index contributed by atoms with van der Waals surface area (Å²) in [6.07, 6.45) is 10.2. The molecule has 0 bridgehead atoms. The van der Waals surface area contributed by atoms with E-state index in [1.54, 1.807) is 75.5 Å². The Kier molecular flexibility index (Phi) is 9.23. The first-order valence-corrected chi connectivity index (χ1v) is 15.4. The van der Waals surface area contributed by atoms with E-state index >= 15 is 0 Å². The fraction of sp³-hybridized carbons (Fsp3) is 0.243. The number of benzene rings is 2. The highest BCUT2D eigenvalue weighted by molar-refractivity contribution is 5.98. The number of hydrogen-bond acceptors (Lipinski definition) is 10. The number of aromatic nitrogens is 4. The molecule has 252 valence electrons. The SMILES string of the molecule is CN(C)Cc1ccc(-c2cn(C)c(=O)c3cnccc23)c2c1OCO2.COc1cc(-c2cn(C)c(=O)c3cnccc23)cc(OC)c1OC. The second-order valence-corrected chi connectivity index (χ2v) is 11.7. The van der Waals surface area contributed by atoms with Crippen molar-refractivity contribution in [2.45, 2.75) is 6.54 Å². The molecule has 1 aliphatic heterocycles. The first-order chi connectivity index (χ1) is 23.7. The maximum atomic E-state index is 12.4. The van der Waals surface area contributed by atoms with Gasteiger partial charge in [0.15, 0.2) is 23.0 Å². The Labute approximate surface area is 282 Å². The first-order valence-electron chi connectivity index (χ1n) is 15.4. The third-order valence-electron chi connectivity index (χ3n) is 8.32. The molecule has 6 aromatic rings. The monoisotopic (exact) mass is 663 g/mol. The number of fused-ring (bicyclic) bond motifs is 3. The second kappa shape index (κ2) is 13.7. The zero-order valence-corrected chi connectivity index (χ0v) is 28.4. The van der Waals surface area contributed by atoms with Crippen molar-refractivity contribution in [3.8, 4) is 51.0 Å². The van der Waals surface area contributed by atoms with Crippen LogP contribution in [-0.2, 0) is 20.6 Å². The van der Waals surface area contributed by atoms with E-state index < -0.39 is 0 Å². The third-order valence-corrected chi connectivity index (χ3v) is 8.32. The lowest BCUT2D eigenvalue weighted by Gasteiger charge is -2.15. The van der Waals surface area contributed by atoms with Gasteiger partial charge < -0.3 is 37.7 Å². The summed E-state index contributed by atoms with van der Waals surface area (Å²) in [7, 11) is 12.2. The number of methoxy groups -OCH3 is 3. The predicted octanol–water partition coefficient (Wildman–Crippen LogP) is 5.02.